The van der Waals surface area contributed by atoms with Crippen LogP contribution in [-0.2, 0) is 36.3 Å². The fourth-order valence-corrected chi connectivity index (χ4v) is 3.39. The summed E-state index contributed by atoms with van der Waals surface area (Å²) < 4.78 is 118. The van der Waals surface area contributed by atoms with Gasteiger partial charge in [0.2, 0.25) is 5.91 Å². The van der Waals surface area contributed by atoms with Crippen molar-refractivity contribution in [3.05, 3.63) is 64.5 Å². The summed E-state index contributed by atoms with van der Waals surface area (Å²) in [5.41, 5.74) is -5.80. The summed E-state index contributed by atoms with van der Waals surface area (Å²) in [6, 6.07) is 2.43. The van der Waals surface area contributed by atoms with E-state index in [2.05, 4.69) is 15.3 Å². The Balaban J connectivity index is 1.83. The maximum Gasteiger partial charge on any atom is 0.418 e. The molecule has 1 heterocycles. The van der Waals surface area contributed by atoms with Crippen LogP contribution in [0.1, 0.15) is 28.1 Å². The molecule has 16 heteroatoms. The molecule has 0 aliphatic heterocycles. The van der Waals surface area contributed by atoms with Crippen LogP contribution in [0.15, 0.2) is 36.4 Å². The molecule has 2 amide bonds. The van der Waals surface area contributed by atoms with Gasteiger partial charge in [-0.3, -0.25) is 4.79 Å². The van der Waals surface area contributed by atoms with Crippen molar-refractivity contribution in [2.24, 2.45) is 0 Å². The van der Waals surface area contributed by atoms with Crippen LogP contribution in [0.25, 0.3) is 11.0 Å². The number of rotatable bonds is 6. The average molecular weight is 542 g/mol. The standard InChI is InChI=1S/C21H15F9N4O3/c22-19(23,24)10-3-1-2-9(4-10)5-14(33-18(36)37)17(35)31-8-15-32-13-7-11(20(25,26)27)6-12(16(13)34-15)21(28,29)30/h1-4,6-7,14,33H,5,8H2,(H,31,35)(H,32,34)(H,36,37)/t14-/m1/s1. The van der Waals surface area contributed by atoms with Crippen LogP contribution in [0.5, 0.6) is 0 Å². The summed E-state index contributed by atoms with van der Waals surface area (Å²) in [7, 11) is 0. The average Bonchev–Trinajstić information content (AvgIpc) is 3.17. The second-order valence-corrected chi connectivity index (χ2v) is 7.72. The molecule has 1 atom stereocenters. The summed E-state index contributed by atoms with van der Waals surface area (Å²) in [5.74, 6) is -1.46. The number of carboxylic acid groups (broad SMARTS) is 1. The predicted octanol–water partition coefficient (Wildman–Crippen LogP) is 5.11. The summed E-state index contributed by atoms with van der Waals surface area (Å²) in [6.07, 6.45) is -17.2. The van der Waals surface area contributed by atoms with Crippen LogP contribution < -0.4 is 10.6 Å². The number of benzene rings is 2. The van der Waals surface area contributed by atoms with E-state index in [4.69, 9.17) is 5.11 Å². The number of H-pyrrole nitrogens is 1. The third-order valence-corrected chi connectivity index (χ3v) is 5.01. The van der Waals surface area contributed by atoms with E-state index in [-0.39, 0.29) is 17.5 Å². The van der Waals surface area contributed by atoms with Gasteiger partial charge in [0, 0.05) is 6.42 Å². The normalized spacial score (nSPS) is 13.4. The number of hydrogen-bond donors (Lipinski definition) is 4. The SMILES string of the molecule is O=C(O)N[C@H](Cc1cccc(C(F)(F)F)c1)C(=O)NCc1nc2c(C(F)(F)F)cc(C(F)(F)F)cc2[nH]1. The highest BCUT2D eigenvalue weighted by atomic mass is 19.4. The van der Waals surface area contributed by atoms with Gasteiger partial charge < -0.3 is 20.7 Å². The molecule has 0 unspecified atom stereocenters. The van der Waals surface area contributed by atoms with Crippen LogP contribution in [0.3, 0.4) is 0 Å². The minimum absolute atomic E-state index is 0.0537. The highest BCUT2D eigenvalue weighted by Crippen LogP contribution is 2.39. The largest absolute Gasteiger partial charge is 0.465 e. The van der Waals surface area contributed by atoms with Crippen LogP contribution in [0.4, 0.5) is 44.3 Å². The lowest BCUT2D eigenvalue weighted by Crippen LogP contribution is -2.47. The molecule has 0 spiro atoms. The Kier molecular flexibility index (Phi) is 7.32. The minimum atomic E-state index is -5.18. The first-order valence-electron chi connectivity index (χ1n) is 10.1. The van der Waals surface area contributed by atoms with Crippen molar-refractivity contribution in [1.82, 2.24) is 20.6 Å². The Bertz CT molecular complexity index is 1310. The molecule has 7 nitrogen and oxygen atoms in total. The van der Waals surface area contributed by atoms with Crippen molar-refractivity contribution in [2.75, 3.05) is 0 Å². The van der Waals surface area contributed by atoms with Crippen molar-refractivity contribution < 1.29 is 54.2 Å². The number of fused-ring (bicyclic) bond motifs is 1. The first-order valence-corrected chi connectivity index (χ1v) is 10.1. The second kappa shape index (κ2) is 9.82. The number of carbonyl (C=O) groups is 2. The van der Waals surface area contributed by atoms with Gasteiger partial charge in [-0.2, -0.15) is 39.5 Å². The Morgan fingerprint density at radius 3 is 2.14 bits per heavy atom. The van der Waals surface area contributed by atoms with Gasteiger partial charge in [-0.15, -0.1) is 0 Å². The maximum absolute atomic E-state index is 13.3. The number of nitrogens with zero attached hydrogens (tertiary/aromatic N) is 1. The zero-order valence-corrected chi connectivity index (χ0v) is 18.1. The van der Waals surface area contributed by atoms with E-state index in [1.165, 1.54) is 6.07 Å². The number of aromatic amines is 1. The molecule has 0 bridgehead atoms. The fraction of sp³-hybridized carbons (Fsp3) is 0.286. The van der Waals surface area contributed by atoms with E-state index < -0.39 is 77.3 Å². The third-order valence-electron chi connectivity index (χ3n) is 5.01. The Morgan fingerprint density at radius 2 is 1.57 bits per heavy atom. The van der Waals surface area contributed by atoms with Gasteiger partial charge in [-0.1, -0.05) is 18.2 Å². The zero-order valence-electron chi connectivity index (χ0n) is 18.1. The molecule has 0 fully saturated rings. The molecular weight excluding hydrogens is 527 g/mol. The summed E-state index contributed by atoms with van der Waals surface area (Å²) >= 11 is 0. The van der Waals surface area contributed by atoms with Crippen LogP contribution >= 0.6 is 0 Å². The molecule has 4 N–H and O–H groups in total. The predicted molar refractivity (Wildman–Crippen MR) is 108 cm³/mol. The first kappa shape index (κ1) is 27.6. The second-order valence-electron chi connectivity index (χ2n) is 7.72. The minimum Gasteiger partial charge on any atom is -0.465 e. The lowest BCUT2D eigenvalue weighted by molar-refractivity contribution is -0.142. The molecule has 0 saturated carbocycles. The number of nitrogens with one attached hydrogen (secondary N) is 3. The molecule has 0 radical (unpaired) electrons. The lowest BCUT2D eigenvalue weighted by atomic mass is 10.0. The number of imidazole rings is 1. The van der Waals surface area contributed by atoms with Crippen molar-refractivity contribution in [3.63, 3.8) is 0 Å². The van der Waals surface area contributed by atoms with Gasteiger partial charge in [-0.25, -0.2) is 9.78 Å². The Labute approximate surface area is 200 Å². The molecule has 1 aromatic heterocycles. The highest BCUT2D eigenvalue weighted by Gasteiger charge is 2.39. The van der Waals surface area contributed by atoms with E-state index >= 15 is 0 Å². The number of alkyl halides is 9. The van der Waals surface area contributed by atoms with Gasteiger partial charge in [0.1, 0.15) is 17.4 Å². The quantitative estimate of drug-likeness (QED) is 0.325. The maximum atomic E-state index is 13.3. The molecule has 37 heavy (non-hydrogen) atoms. The first-order chi connectivity index (χ1) is 16.9. The number of carbonyl (C=O) groups excluding carboxylic acids is 1. The molecule has 0 aliphatic carbocycles. The summed E-state index contributed by atoms with van der Waals surface area (Å²) in [6.45, 7) is -0.660. The summed E-state index contributed by atoms with van der Waals surface area (Å²) in [5, 5.41) is 13.0. The zero-order chi connectivity index (χ0) is 27.8. The summed E-state index contributed by atoms with van der Waals surface area (Å²) in [4.78, 5) is 29.5. The van der Waals surface area contributed by atoms with E-state index in [0.29, 0.717) is 12.1 Å². The van der Waals surface area contributed by atoms with Gasteiger partial charge in [0.15, 0.2) is 0 Å². The van der Waals surface area contributed by atoms with Crippen molar-refractivity contribution in [3.8, 4) is 0 Å². The number of hydrogen-bond acceptors (Lipinski definition) is 3. The van der Waals surface area contributed by atoms with Crippen molar-refractivity contribution in [2.45, 2.75) is 37.5 Å². The topological polar surface area (TPSA) is 107 Å². The number of aromatic nitrogens is 2. The monoisotopic (exact) mass is 542 g/mol. The number of amides is 2. The van der Waals surface area contributed by atoms with Crippen LogP contribution in [0, 0.1) is 0 Å². The lowest BCUT2D eigenvalue weighted by Gasteiger charge is -2.17. The molecule has 3 rings (SSSR count). The van der Waals surface area contributed by atoms with Gasteiger partial charge in [0.05, 0.1) is 28.8 Å². The van der Waals surface area contributed by atoms with Crippen molar-refractivity contribution in [1.29, 1.82) is 0 Å². The van der Waals surface area contributed by atoms with Gasteiger partial charge >= 0.3 is 24.6 Å². The molecule has 200 valence electrons. The molecule has 0 aliphatic rings. The van der Waals surface area contributed by atoms with Crippen LogP contribution in [0.2, 0.25) is 0 Å². The van der Waals surface area contributed by atoms with Gasteiger partial charge in [0.25, 0.3) is 0 Å². The third kappa shape index (κ3) is 6.83. The van der Waals surface area contributed by atoms with Crippen LogP contribution in [-0.4, -0.2) is 33.1 Å². The highest BCUT2D eigenvalue weighted by molar-refractivity contribution is 5.85. The molecular formula is C21H15F9N4O3. The van der Waals surface area contributed by atoms with E-state index in [0.717, 1.165) is 12.1 Å². The Hall–Kier alpha value is -3.98. The van der Waals surface area contributed by atoms with E-state index in [1.807, 2.05) is 5.32 Å². The molecule has 2 aromatic carbocycles. The molecule has 0 saturated heterocycles. The fourth-order valence-electron chi connectivity index (χ4n) is 3.39. The smallest absolute Gasteiger partial charge is 0.418 e. The molecule has 3 aromatic rings. The Morgan fingerprint density at radius 1 is 0.919 bits per heavy atom. The van der Waals surface area contributed by atoms with Gasteiger partial charge in [-0.05, 0) is 23.8 Å². The number of halogens is 9. The van der Waals surface area contributed by atoms with Crippen molar-refractivity contribution >= 4 is 23.0 Å². The van der Waals surface area contributed by atoms with E-state index in [1.54, 1.807) is 0 Å². The van der Waals surface area contributed by atoms with E-state index in [9.17, 15) is 49.1 Å².